The molecule has 0 saturated heterocycles. The molecule has 0 spiro atoms. The van der Waals surface area contributed by atoms with Crippen LogP contribution in [0.3, 0.4) is 0 Å². The zero-order valence-corrected chi connectivity index (χ0v) is 22.3. The number of aromatic nitrogens is 4. The van der Waals surface area contributed by atoms with E-state index in [4.69, 9.17) is 14.6 Å². The zero-order chi connectivity index (χ0) is 28.2. The molecule has 0 radical (unpaired) electrons. The van der Waals surface area contributed by atoms with Crippen molar-refractivity contribution >= 4 is 28.4 Å². The van der Waals surface area contributed by atoms with E-state index in [0.29, 0.717) is 18.0 Å². The number of carbonyl (C=O) groups excluding carboxylic acids is 2. The summed E-state index contributed by atoms with van der Waals surface area (Å²) in [6, 6.07) is 30.7. The van der Waals surface area contributed by atoms with E-state index in [9.17, 15) is 9.59 Å². The maximum absolute atomic E-state index is 13.4. The number of amides is 1. The highest BCUT2D eigenvalue weighted by atomic mass is 16.5. The SMILES string of the molecule is COc1ccc(C2CC(c3ccc4ccccc4c3)=NN2C(=O)COC(=O)Cn2nnc(-c3ccccc3)n2)cc1. The minimum Gasteiger partial charge on any atom is -0.497 e. The van der Waals surface area contributed by atoms with E-state index in [1.54, 1.807) is 7.11 Å². The zero-order valence-electron chi connectivity index (χ0n) is 22.3. The molecule has 1 aromatic heterocycles. The fourth-order valence-electron chi connectivity index (χ4n) is 4.75. The number of rotatable bonds is 8. The van der Waals surface area contributed by atoms with Crippen LogP contribution in [0.5, 0.6) is 5.75 Å². The number of nitrogens with zero attached hydrogens (tertiary/aromatic N) is 6. The van der Waals surface area contributed by atoms with Crippen LogP contribution >= 0.6 is 0 Å². The molecule has 204 valence electrons. The molecule has 0 bridgehead atoms. The minimum absolute atomic E-state index is 0.277. The number of ether oxygens (including phenoxy) is 2. The molecule has 5 aromatic rings. The quantitative estimate of drug-likeness (QED) is 0.265. The molecule has 41 heavy (non-hydrogen) atoms. The predicted molar refractivity (Wildman–Crippen MR) is 152 cm³/mol. The molecule has 1 aliphatic heterocycles. The molecule has 0 saturated carbocycles. The normalized spacial score (nSPS) is 14.6. The van der Waals surface area contributed by atoms with Crippen LogP contribution in [0.25, 0.3) is 22.2 Å². The lowest BCUT2D eigenvalue weighted by molar-refractivity contribution is -0.153. The Morgan fingerprint density at radius 1 is 0.878 bits per heavy atom. The second-order valence-corrected chi connectivity index (χ2v) is 9.51. The number of carbonyl (C=O) groups is 2. The minimum atomic E-state index is -0.658. The summed E-state index contributed by atoms with van der Waals surface area (Å²) in [6.07, 6.45) is 0.509. The Bertz CT molecular complexity index is 1730. The van der Waals surface area contributed by atoms with Crippen molar-refractivity contribution < 1.29 is 19.1 Å². The molecule has 1 aliphatic rings. The largest absolute Gasteiger partial charge is 0.497 e. The summed E-state index contributed by atoms with van der Waals surface area (Å²) in [7, 11) is 1.60. The number of esters is 1. The average Bonchev–Trinajstić information content (AvgIpc) is 3.68. The third-order valence-corrected chi connectivity index (χ3v) is 6.86. The molecule has 2 heterocycles. The van der Waals surface area contributed by atoms with Crippen LogP contribution in [-0.4, -0.2) is 56.5 Å². The molecule has 0 fully saturated rings. The van der Waals surface area contributed by atoms with E-state index >= 15 is 0 Å². The van der Waals surface area contributed by atoms with Gasteiger partial charge in [-0.05, 0) is 45.3 Å². The molecule has 10 nitrogen and oxygen atoms in total. The molecule has 10 heteroatoms. The van der Waals surface area contributed by atoms with Gasteiger partial charge in [0.2, 0.25) is 5.82 Å². The van der Waals surface area contributed by atoms with Crippen LogP contribution < -0.4 is 4.74 Å². The van der Waals surface area contributed by atoms with Crippen LogP contribution in [0.4, 0.5) is 0 Å². The lowest BCUT2D eigenvalue weighted by atomic mass is 9.97. The van der Waals surface area contributed by atoms with Crippen LogP contribution in [0, 0.1) is 0 Å². The Balaban J connectivity index is 1.17. The first-order valence-electron chi connectivity index (χ1n) is 13.1. The van der Waals surface area contributed by atoms with Crippen LogP contribution in [0.1, 0.15) is 23.6 Å². The average molecular weight is 547 g/mol. The molecule has 4 aromatic carbocycles. The van der Waals surface area contributed by atoms with E-state index in [0.717, 1.165) is 38.0 Å². The van der Waals surface area contributed by atoms with Crippen LogP contribution in [-0.2, 0) is 20.9 Å². The Hall–Kier alpha value is -5.38. The summed E-state index contributed by atoms with van der Waals surface area (Å²) >= 11 is 0. The van der Waals surface area contributed by atoms with Gasteiger partial charge in [-0.15, -0.1) is 10.2 Å². The fraction of sp³-hybridized carbons (Fsp3) is 0.161. The fourth-order valence-corrected chi connectivity index (χ4v) is 4.75. The molecule has 0 N–H and O–H groups in total. The van der Waals surface area contributed by atoms with E-state index in [1.807, 2.05) is 84.9 Å². The molecule has 1 atom stereocenters. The Kier molecular flexibility index (Phi) is 7.19. The maximum atomic E-state index is 13.4. The van der Waals surface area contributed by atoms with Crippen LogP contribution in [0.15, 0.2) is 102 Å². The van der Waals surface area contributed by atoms with E-state index in [-0.39, 0.29) is 12.6 Å². The first-order chi connectivity index (χ1) is 20.1. The highest BCUT2D eigenvalue weighted by Gasteiger charge is 2.33. The lowest BCUT2D eigenvalue weighted by Gasteiger charge is -2.22. The second-order valence-electron chi connectivity index (χ2n) is 9.51. The van der Waals surface area contributed by atoms with Crippen molar-refractivity contribution in [1.82, 2.24) is 25.2 Å². The third kappa shape index (κ3) is 5.67. The van der Waals surface area contributed by atoms with Crippen molar-refractivity contribution in [3.05, 3.63) is 108 Å². The number of methoxy groups -OCH3 is 1. The van der Waals surface area contributed by atoms with Crippen LogP contribution in [0.2, 0.25) is 0 Å². The van der Waals surface area contributed by atoms with Gasteiger partial charge in [0.1, 0.15) is 5.75 Å². The topological polar surface area (TPSA) is 112 Å². The first kappa shape index (κ1) is 25.9. The Labute approximate surface area is 235 Å². The molecule has 6 rings (SSSR count). The summed E-state index contributed by atoms with van der Waals surface area (Å²) in [6.45, 7) is -0.749. The smallest absolute Gasteiger partial charge is 0.330 e. The Morgan fingerprint density at radius 2 is 1.63 bits per heavy atom. The Morgan fingerprint density at radius 3 is 2.41 bits per heavy atom. The predicted octanol–water partition coefficient (Wildman–Crippen LogP) is 4.42. The number of hydrazone groups is 1. The van der Waals surface area contributed by atoms with Crippen molar-refractivity contribution in [3.8, 4) is 17.1 Å². The molecular formula is C31H26N6O4. The molecular weight excluding hydrogens is 520 g/mol. The molecule has 1 unspecified atom stereocenters. The van der Waals surface area contributed by atoms with Gasteiger partial charge in [-0.3, -0.25) is 4.79 Å². The number of tetrazole rings is 1. The van der Waals surface area contributed by atoms with E-state index in [1.165, 1.54) is 5.01 Å². The van der Waals surface area contributed by atoms with E-state index < -0.39 is 18.5 Å². The van der Waals surface area contributed by atoms with Gasteiger partial charge >= 0.3 is 5.97 Å². The van der Waals surface area contributed by atoms with Gasteiger partial charge in [-0.25, -0.2) is 9.80 Å². The summed E-state index contributed by atoms with van der Waals surface area (Å²) in [5, 5.41) is 20.4. The number of hydrogen-bond acceptors (Lipinski definition) is 8. The second kappa shape index (κ2) is 11.4. The first-order valence-corrected chi connectivity index (χ1v) is 13.1. The summed E-state index contributed by atoms with van der Waals surface area (Å²) in [5.41, 5.74) is 3.38. The van der Waals surface area contributed by atoms with Gasteiger partial charge in [0.25, 0.3) is 5.91 Å². The van der Waals surface area contributed by atoms with Gasteiger partial charge in [0.05, 0.1) is 18.9 Å². The summed E-state index contributed by atoms with van der Waals surface area (Å²) in [4.78, 5) is 27.0. The van der Waals surface area contributed by atoms with Crippen molar-refractivity contribution in [2.45, 2.75) is 19.0 Å². The third-order valence-electron chi connectivity index (χ3n) is 6.86. The number of fused-ring (bicyclic) bond motifs is 1. The van der Waals surface area contributed by atoms with Crippen molar-refractivity contribution in [2.24, 2.45) is 5.10 Å². The van der Waals surface area contributed by atoms with Gasteiger partial charge in [-0.2, -0.15) is 9.90 Å². The van der Waals surface area contributed by atoms with Gasteiger partial charge in [0, 0.05) is 12.0 Å². The number of hydrogen-bond donors (Lipinski definition) is 0. The maximum Gasteiger partial charge on any atom is 0.330 e. The molecule has 0 aliphatic carbocycles. The molecule has 1 amide bonds. The summed E-state index contributed by atoms with van der Waals surface area (Å²) in [5.74, 6) is 0.0107. The van der Waals surface area contributed by atoms with Gasteiger partial charge in [-0.1, -0.05) is 78.9 Å². The standard InChI is InChI=1S/C31H26N6O4/c1-40-26-15-13-22(14-16-26)28-18-27(25-12-11-21-7-5-6-10-24(21)17-25)33-37(28)29(38)20-41-30(39)19-36-34-31(32-35-36)23-8-3-2-4-9-23/h2-17,28H,18-20H2,1H3. The van der Waals surface area contributed by atoms with Gasteiger partial charge < -0.3 is 9.47 Å². The lowest BCUT2D eigenvalue weighted by Crippen LogP contribution is -2.32. The summed E-state index contributed by atoms with van der Waals surface area (Å²) < 4.78 is 10.6. The van der Waals surface area contributed by atoms with Crippen molar-refractivity contribution in [1.29, 1.82) is 0 Å². The number of benzene rings is 4. The van der Waals surface area contributed by atoms with Gasteiger partial charge in [0.15, 0.2) is 13.2 Å². The monoisotopic (exact) mass is 546 g/mol. The van der Waals surface area contributed by atoms with Crippen molar-refractivity contribution in [3.63, 3.8) is 0 Å². The highest BCUT2D eigenvalue weighted by Crippen LogP contribution is 2.34. The van der Waals surface area contributed by atoms with Crippen molar-refractivity contribution in [2.75, 3.05) is 13.7 Å². The van der Waals surface area contributed by atoms with E-state index in [2.05, 4.69) is 27.5 Å². The highest BCUT2D eigenvalue weighted by molar-refractivity contribution is 6.05.